The van der Waals surface area contributed by atoms with E-state index in [1.165, 1.54) is 25.7 Å². The maximum atomic E-state index is 12.0. The first kappa shape index (κ1) is 21.2. The van der Waals surface area contributed by atoms with Gasteiger partial charge in [-0.05, 0) is 31.2 Å². The molecule has 0 radical (unpaired) electrons. The van der Waals surface area contributed by atoms with Crippen molar-refractivity contribution in [1.29, 1.82) is 0 Å². The molecule has 0 aliphatic carbocycles. The number of carbonyl (C=O) groups excluding carboxylic acids is 2. The molecule has 0 spiro atoms. The fraction of sp³-hybridized carbons (Fsp3) is 0.600. The van der Waals surface area contributed by atoms with Gasteiger partial charge in [-0.25, -0.2) is 0 Å². The molecule has 0 aliphatic heterocycles. The summed E-state index contributed by atoms with van der Waals surface area (Å²) in [5, 5.41) is 8.89. The van der Waals surface area contributed by atoms with Gasteiger partial charge in [0.15, 0.2) is 0 Å². The van der Waals surface area contributed by atoms with Crippen molar-refractivity contribution in [2.45, 2.75) is 59.8 Å². The predicted octanol–water partition coefficient (Wildman–Crippen LogP) is 4.17. The molecule has 0 atom stereocenters. The summed E-state index contributed by atoms with van der Waals surface area (Å²) in [5.74, 6) is -0.131. The lowest BCUT2D eigenvalue weighted by Gasteiger charge is -2.18. The third-order valence-corrected chi connectivity index (χ3v) is 3.83. The van der Waals surface area contributed by atoms with Crippen molar-refractivity contribution in [1.82, 2.24) is 5.32 Å². The Morgan fingerprint density at radius 3 is 2.24 bits per heavy atom. The summed E-state index contributed by atoms with van der Waals surface area (Å²) in [5.41, 5.74) is 0.906. The summed E-state index contributed by atoms with van der Waals surface area (Å²) in [6.07, 6.45) is 6.09. The number of rotatable bonds is 10. The van der Waals surface area contributed by atoms with E-state index < -0.39 is 5.41 Å². The third kappa shape index (κ3) is 9.25. The molecule has 0 aliphatic rings. The molecule has 0 heterocycles. The first-order valence-corrected chi connectivity index (χ1v) is 9.25. The highest BCUT2D eigenvalue weighted by Gasteiger charge is 2.21. The molecule has 5 nitrogen and oxygen atoms in total. The standard InChI is InChI=1S/C20H33N3O2/c1-5-6-7-8-9-13-21-15-18(24)22-16-11-10-12-17(14-16)23-19(25)20(2,3)4/h10-12,14,21H,5-9,13,15H2,1-4H3,(H,22,24)(H,23,25). The van der Waals surface area contributed by atoms with Gasteiger partial charge in [-0.3, -0.25) is 9.59 Å². The second-order valence-corrected chi connectivity index (χ2v) is 7.42. The molecule has 5 heteroatoms. The van der Waals surface area contributed by atoms with E-state index >= 15 is 0 Å². The fourth-order valence-electron chi connectivity index (χ4n) is 2.25. The van der Waals surface area contributed by atoms with Gasteiger partial charge < -0.3 is 16.0 Å². The van der Waals surface area contributed by atoms with Crippen LogP contribution in [-0.4, -0.2) is 24.9 Å². The number of hydrogen-bond acceptors (Lipinski definition) is 3. The first-order valence-electron chi connectivity index (χ1n) is 9.25. The van der Waals surface area contributed by atoms with E-state index in [2.05, 4.69) is 22.9 Å². The molecule has 3 N–H and O–H groups in total. The average Bonchev–Trinajstić information content (AvgIpc) is 2.53. The Morgan fingerprint density at radius 1 is 0.960 bits per heavy atom. The van der Waals surface area contributed by atoms with Crippen LogP contribution in [0.1, 0.15) is 59.8 Å². The second-order valence-electron chi connectivity index (χ2n) is 7.42. The van der Waals surface area contributed by atoms with Crippen LogP contribution in [-0.2, 0) is 9.59 Å². The maximum absolute atomic E-state index is 12.0. The number of hydrogen-bond donors (Lipinski definition) is 3. The molecule has 0 fully saturated rings. The van der Waals surface area contributed by atoms with Crippen LogP contribution in [0.25, 0.3) is 0 Å². The van der Waals surface area contributed by atoms with Gasteiger partial charge in [0.2, 0.25) is 11.8 Å². The van der Waals surface area contributed by atoms with Gasteiger partial charge in [0.1, 0.15) is 0 Å². The molecule has 0 aromatic heterocycles. The zero-order valence-corrected chi connectivity index (χ0v) is 16.1. The van der Waals surface area contributed by atoms with E-state index in [-0.39, 0.29) is 11.8 Å². The fourth-order valence-corrected chi connectivity index (χ4v) is 2.25. The minimum absolute atomic E-state index is 0.0549. The number of anilines is 2. The van der Waals surface area contributed by atoms with Gasteiger partial charge in [-0.15, -0.1) is 0 Å². The van der Waals surface area contributed by atoms with Gasteiger partial charge in [0.05, 0.1) is 6.54 Å². The Hall–Kier alpha value is -1.88. The first-order chi connectivity index (χ1) is 11.8. The molecule has 0 saturated heterocycles. The van der Waals surface area contributed by atoms with Crippen LogP contribution in [0.4, 0.5) is 11.4 Å². The van der Waals surface area contributed by atoms with E-state index in [1.54, 1.807) is 6.07 Å². The van der Waals surface area contributed by atoms with Gasteiger partial charge in [-0.2, -0.15) is 0 Å². The van der Waals surface area contributed by atoms with Crippen LogP contribution >= 0.6 is 0 Å². The quantitative estimate of drug-likeness (QED) is 0.556. The van der Waals surface area contributed by atoms with E-state index in [9.17, 15) is 9.59 Å². The Bertz CT molecular complexity index is 550. The van der Waals surface area contributed by atoms with Crippen LogP contribution < -0.4 is 16.0 Å². The van der Waals surface area contributed by atoms with Crippen molar-refractivity contribution >= 4 is 23.2 Å². The lowest BCUT2D eigenvalue weighted by molar-refractivity contribution is -0.123. The Kier molecular flexibility index (Phi) is 9.21. The number of nitrogens with one attached hydrogen (secondary N) is 3. The maximum Gasteiger partial charge on any atom is 0.238 e. The molecule has 1 rings (SSSR count). The number of benzene rings is 1. The zero-order valence-electron chi connectivity index (χ0n) is 16.1. The highest BCUT2D eigenvalue weighted by atomic mass is 16.2. The van der Waals surface area contributed by atoms with E-state index in [4.69, 9.17) is 0 Å². The molecular weight excluding hydrogens is 314 g/mol. The highest BCUT2D eigenvalue weighted by Crippen LogP contribution is 2.19. The van der Waals surface area contributed by atoms with Crippen LogP contribution in [0.15, 0.2) is 24.3 Å². The highest BCUT2D eigenvalue weighted by molar-refractivity contribution is 5.96. The summed E-state index contributed by atoms with van der Waals surface area (Å²) in [6, 6.07) is 7.21. The number of unbranched alkanes of at least 4 members (excludes halogenated alkanes) is 4. The van der Waals surface area contributed by atoms with Crippen molar-refractivity contribution in [3.8, 4) is 0 Å². The number of carbonyl (C=O) groups is 2. The Labute approximate surface area is 152 Å². The van der Waals surface area contributed by atoms with Crippen molar-refractivity contribution in [3.63, 3.8) is 0 Å². The van der Waals surface area contributed by atoms with E-state index in [0.717, 1.165) is 13.0 Å². The lowest BCUT2D eigenvalue weighted by Crippen LogP contribution is -2.29. The molecule has 25 heavy (non-hydrogen) atoms. The van der Waals surface area contributed by atoms with E-state index in [1.807, 2.05) is 39.0 Å². The van der Waals surface area contributed by atoms with Crippen LogP contribution in [0, 0.1) is 5.41 Å². The van der Waals surface area contributed by atoms with Crippen molar-refractivity contribution in [2.75, 3.05) is 23.7 Å². The molecule has 140 valence electrons. The monoisotopic (exact) mass is 347 g/mol. The molecule has 1 aromatic rings. The molecule has 1 aromatic carbocycles. The van der Waals surface area contributed by atoms with Crippen LogP contribution in [0.5, 0.6) is 0 Å². The van der Waals surface area contributed by atoms with Crippen molar-refractivity contribution in [2.24, 2.45) is 5.41 Å². The van der Waals surface area contributed by atoms with Crippen LogP contribution in [0.3, 0.4) is 0 Å². The van der Waals surface area contributed by atoms with Gasteiger partial charge in [0.25, 0.3) is 0 Å². The minimum atomic E-state index is -0.458. The summed E-state index contributed by atoms with van der Waals surface area (Å²) < 4.78 is 0. The van der Waals surface area contributed by atoms with Crippen molar-refractivity contribution in [3.05, 3.63) is 24.3 Å². The largest absolute Gasteiger partial charge is 0.326 e. The molecule has 0 saturated carbocycles. The number of amides is 2. The van der Waals surface area contributed by atoms with Crippen molar-refractivity contribution < 1.29 is 9.59 Å². The van der Waals surface area contributed by atoms with Gasteiger partial charge in [0, 0.05) is 16.8 Å². The molecule has 2 amide bonds. The molecular formula is C20H33N3O2. The smallest absolute Gasteiger partial charge is 0.238 e. The second kappa shape index (κ2) is 10.9. The summed E-state index contributed by atoms with van der Waals surface area (Å²) in [4.78, 5) is 24.0. The Morgan fingerprint density at radius 2 is 1.60 bits per heavy atom. The predicted molar refractivity (Wildman–Crippen MR) is 105 cm³/mol. The van der Waals surface area contributed by atoms with Crippen LogP contribution in [0.2, 0.25) is 0 Å². The van der Waals surface area contributed by atoms with Gasteiger partial charge >= 0.3 is 0 Å². The minimum Gasteiger partial charge on any atom is -0.326 e. The molecule has 0 bridgehead atoms. The Balaban J connectivity index is 2.35. The average molecular weight is 348 g/mol. The van der Waals surface area contributed by atoms with E-state index in [0.29, 0.717) is 17.9 Å². The summed E-state index contributed by atoms with van der Waals surface area (Å²) in [7, 11) is 0. The van der Waals surface area contributed by atoms with Gasteiger partial charge in [-0.1, -0.05) is 59.4 Å². The summed E-state index contributed by atoms with van der Waals surface area (Å²) in [6.45, 7) is 8.95. The lowest BCUT2D eigenvalue weighted by atomic mass is 9.95. The third-order valence-electron chi connectivity index (χ3n) is 3.83. The zero-order chi connectivity index (χ0) is 18.7. The summed E-state index contributed by atoms with van der Waals surface area (Å²) >= 11 is 0. The normalized spacial score (nSPS) is 11.2. The molecule has 0 unspecified atom stereocenters. The SMILES string of the molecule is CCCCCCCNCC(=O)Nc1cccc(NC(=O)C(C)(C)C)c1. The topological polar surface area (TPSA) is 70.2 Å².